The molecule has 0 aromatic heterocycles. The topological polar surface area (TPSA) is 0 Å². The van der Waals surface area contributed by atoms with Crippen molar-refractivity contribution in [1.82, 2.24) is 0 Å². The molecule has 19 heavy (non-hydrogen) atoms. The molecule has 0 N–H and O–H groups in total. The van der Waals surface area contributed by atoms with E-state index in [1.165, 1.54) is 27.2 Å². The average Bonchev–Trinajstić information content (AvgIpc) is 2.73. The van der Waals surface area contributed by atoms with Crippen LogP contribution in [-0.2, 0) is 0 Å². The predicted octanol–water partition coefficient (Wildman–Crippen LogP) is 5.32. The highest BCUT2D eigenvalue weighted by molar-refractivity contribution is 8.08. The van der Waals surface area contributed by atoms with Gasteiger partial charge < -0.3 is 0 Å². The Morgan fingerprint density at radius 1 is 0.947 bits per heavy atom. The summed E-state index contributed by atoms with van der Waals surface area (Å²) in [5.74, 6) is 1.56. The van der Waals surface area contributed by atoms with Crippen molar-refractivity contribution in [2.75, 3.05) is 5.75 Å². The molecule has 0 spiro atoms. The second-order valence-corrected chi connectivity index (χ2v) is 6.15. The molecule has 0 saturated carbocycles. The summed E-state index contributed by atoms with van der Waals surface area (Å²) in [5, 5.41) is 0. The number of hydrogen-bond acceptors (Lipinski definition) is 1. The highest BCUT2D eigenvalue weighted by Gasteiger charge is 2.29. The Kier molecular flexibility index (Phi) is 3.48. The molecule has 1 heteroatoms. The van der Waals surface area contributed by atoms with Crippen LogP contribution in [0, 0.1) is 0 Å². The lowest BCUT2D eigenvalue weighted by Crippen LogP contribution is -1.98. The Morgan fingerprint density at radius 2 is 1.63 bits per heavy atom. The SMILES string of the molecule is CCSC1=C(C)C(c2ccccc2)c2ccccc21. The van der Waals surface area contributed by atoms with Gasteiger partial charge in [0.25, 0.3) is 0 Å². The minimum absolute atomic E-state index is 0.437. The van der Waals surface area contributed by atoms with Gasteiger partial charge in [0.15, 0.2) is 0 Å². The van der Waals surface area contributed by atoms with Gasteiger partial charge in [-0.05, 0) is 34.9 Å². The van der Waals surface area contributed by atoms with E-state index >= 15 is 0 Å². The zero-order valence-corrected chi connectivity index (χ0v) is 12.2. The summed E-state index contributed by atoms with van der Waals surface area (Å²) in [5.41, 5.74) is 5.79. The monoisotopic (exact) mass is 266 g/mol. The molecular formula is C18H18S. The van der Waals surface area contributed by atoms with Crippen molar-refractivity contribution in [2.45, 2.75) is 19.8 Å². The van der Waals surface area contributed by atoms with Gasteiger partial charge in [0.2, 0.25) is 0 Å². The first-order valence-corrected chi connectivity index (χ1v) is 7.79. The van der Waals surface area contributed by atoms with Gasteiger partial charge in [0.05, 0.1) is 0 Å². The van der Waals surface area contributed by atoms with Gasteiger partial charge in [-0.25, -0.2) is 0 Å². The molecule has 96 valence electrons. The first kappa shape index (κ1) is 12.6. The molecule has 0 amide bonds. The molecule has 1 aliphatic rings. The normalized spacial score (nSPS) is 17.7. The number of allylic oxidation sites excluding steroid dienone is 1. The fourth-order valence-electron chi connectivity index (χ4n) is 2.94. The zero-order valence-electron chi connectivity index (χ0n) is 11.4. The smallest absolute Gasteiger partial charge is 0.0316 e. The van der Waals surface area contributed by atoms with E-state index in [9.17, 15) is 0 Å². The van der Waals surface area contributed by atoms with Crippen LogP contribution in [-0.4, -0.2) is 5.75 Å². The van der Waals surface area contributed by atoms with Crippen LogP contribution in [0.25, 0.3) is 4.91 Å². The predicted molar refractivity (Wildman–Crippen MR) is 85.5 cm³/mol. The number of fused-ring (bicyclic) bond motifs is 1. The Balaban J connectivity index is 2.15. The fourth-order valence-corrected chi connectivity index (χ4v) is 3.92. The summed E-state index contributed by atoms with van der Waals surface area (Å²) in [6.07, 6.45) is 0. The highest BCUT2D eigenvalue weighted by atomic mass is 32.2. The molecule has 0 saturated heterocycles. The van der Waals surface area contributed by atoms with Crippen molar-refractivity contribution < 1.29 is 0 Å². The van der Waals surface area contributed by atoms with Crippen LogP contribution in [0.5, 0.6) is 0 Å². The molecule has 0 radical (unpaired) electrons. The third-order valence-electron chi connectivity index (χ3n) is 3.73. The third-order valence-corrected chi connectivity index (χ3v) is 4.85. The molecule has 1 unspecified atom stereocenters. The minimum atomic E-state index is 0.437. The fraction of sp³-hybridized carbons (Fsp3) is 0.222. The van der Waals surface area contributed by atoms with Crippen LogP contribution in [0.3, 0.4) is 0 Å². The van der Waals surface area contributed by atoms with Crippen molar-refractivity contribution in [1.29, 1.82) is 0 Å². The van der Waals surface area contributed by atoms with E-state index in [1.54, 1.807) is 0 Å². The summed E-state index contributed by atoms with van der Waals surface area (Å²) in [6, 6.07) is 19.7. The van der Waals surface area contributed by atoms with Crippen LogP contribution in [0.4, 0.5) is 0 Å². The Morgan fingerprint density at radius 3 is 2.37 bits per heavy atom. The van der Waals surface area contributed by atoms with Crippen molar-refractivity contribution >= 4 is 16.7 Å². The Bertz CT molecular complexity index is 611. The molecule has 0 nitrogen and oxygen atoms in total. The van der Waals surface area contributed by atoms with Gasteiger partial charge in [-0.1, -0.05) is 61.5 Å². The molecule has 0 fully saturated rings. The summed E-state index contributed by atoms with van der Waals surface area (Å²) in [4.78, 5) is 1.48. The molecule has 1 aliphatic carbocycles. The molecule has 0 heterocycles. The highest BCUT2D eigenvalue weighted by Crippen LogP contribution is 2.49. The maximum absolute atomic E-state index is 2.29. The zero-order chi connectivity index (χ0) is 13.2. The average molecular weight is 266 g/mol. The summed E-state index contributed by atoms with van der Waals surface area (Å²) >= 11 is 1.97. The quantitative estimate of drug-likeness (QED) is 0.725. The van der Waals surface area contributed by atoms with Gasteiger partial charge in [0.1, 0.15) is 0 Å². The van der Waals surface area contributed by atoms with Crippen LogP contribution in [0.2, 0.25) is 0 Å². The number of rotatable bonds is 3. The van der Waals surface area contributed by atoms with E-state index in [2.05, 4.69) is 68.4 Å². The van der Waals surface area contributed by atoms with Gasteiger partial charge in [-0.2, -0.15) is 0 Å². The summed E-state index contributed by atoms with van der Waals surface area (Å²) < 4.78 is 0. The standard InChI is InChI=1S/C18H18S/c1-3-19-18-13(2)17(14-9-5-4-6-10-14)15-11-7-8-12-16(15)18/h4-12,17H,3H2,1-2H3. The maximum atomic E-state index is 2.29. The molecule has 2 aromatic rings. The third kappa shape index (κ3) is 2.12. The lowest BCUT2D eigenvalue weighted by atomic mass is 9.89. The molecule has 2 aromatic carbocycles. The molecule has 1 atom stereocenters. The van der Waals surface area contributed by atoms with E-state index < -0.39 is 0 Å². The second-order valence-electron chi connectivity index (χ2n) is 4.88. The lowest BCUT2D eigenvalue weighted by Gasteiger charge is -2.14. The Hall–Kier alpha value is -1.47. The van der Waals surface area contributed by atoms with Crippen molar-refractivity contribution in [2.24, 2.45) is 0 Å². The number of benzene rings is 2. The van der Waals surface area contributed by atoms with E-state index in [-0.39, 0.29) is 0 Å². The number of thioether (sulfide) groups is 1. The van der Waals surface area contributed by atoms with Crippen molar-refractivity contribution in [3.05, 3.63) is 76.9 Å². The molecule has 3 rings (SSSR count). The van der Waals surface area contributed by atoms with E-state index in [4.69, 9.17) is 0 Å². The van der Waals surface area contributed by atoms with Crippen LogP contribution in [0.15, 0.2) is 60.2 Å². The van der Waals surface area contributed by atoms with Gasteiger partial charge in [-0.15, -0.1) is 11.8 Å². The minimum Gasteiger partial charge on any atom is -0.126 e. The van der Waals surface area contributed by atoms with Gasteiger partial charge in [-0.3, -0.25) is 0 Å². The largest absolute Gasteiger partial charge is 0.126 e. The van der Waals surface area contributed by atoms with Crippen molar-refractivity contribution in [3.8, 4) is 0 Å². The first-order chi connectivity index (χ1) is 9.33. The van der Waals surface area contributed by atoms with Crippen LogP contribution >= 0.6 is 11.8 Å². The summed E-state index contributed by atoms with van der Waals surface area (Å²) in [7, 11) is 0. The van der Waals surface area contributed by atoms with Gasteiger partial charge >= 0.3 is 0 Å². The first-order valence-electron chi connectivity index (χ1n) is 6.80. The second kappa shape index (κ2) is 5.26. The number of hydrogen-bond donors (Lipinski definition) is 0. The van der Waals surface area contributed by atoms with Crippen LogP contribution < -0.4 is 0 Å². The van der Waals surface area contributed by atoms with E-state index in [0.29, 0.717) is 5.92 Å². The van der Waals surface area contributed by atoms with Gasteiger partial charge in [0, 0.05) is 10.8 Å². The maximum Gasteiger partial charge on any atom is 0.0316 e. The Labute approximate surface area is 119 Å². The lowest BCUT2D eigenvalue weighted by molar-refractivity contribution is 0.976. The van der Waals surface area contributed by atoms with Crippen LogP contribution in [0.1, 0.15) is 36.5 Å². The summed E-state index contributed by atoms with van der Waals surface area (Å²) in [6.45, 7) is 4.51. The van der Waals surface area contributed by atoms with E-state index in [1.807, 2.05) is 11.8 Å². The molecule has 0 aliphatic heterocycles. The molecular weight excluding hydrogens is 248 g/mol. The molecule has 0 bridgehead atoms. The van der Waals surface area contributed by atoms with E-state index in [0.717, 1.165) is 5.75 Å². The van der Waals surface area contributed by atoms with Crippen molar-refractivity contribution in [3.63, 3.8) is 0 Å².